The van der Waals surface area contributed by atoms with Crippen LogP contribution >= 0.6 is 0 Å². The van der Waals surface area contributed by atoms with Gasteiger partial charge in [0.15, 0.2) is 6.29 Å². The third kappa shape index (κ3) is 18.4. The van der Waals surface area contributed by atoms with Gasteiger partial charge < -0.3 is 15.3 Å². The van der Waals surface area contributed by atoms with Crippen LogP contribution in [0.5, 0.6) is 0 Å². The van der Waals surface area contributed by atoms with Crippen molar-refractivity contribution in [2.24, 2.45) is 5.92 Å². The van der Waals surface area contributed by atoms with Gasteiger partial charge in [0.25, 0.3) is 0 Å². The van der Waals surface area contributed by atoms with Crippen LogP contribution in [0.1, 0.15) is 40.0 Å². The molecule has 0 aromatic rings. The van der Waals surface area contributed by atoms with E-state index >= 15 is 0 Å². The highest BCUT2D eigenvalue weighted by molar-refractivity contribution is 4.77. The van der Waals surface area contributed by atoms with E-state index in [4.69, 9.17) is 10.2 Å². The molecule has 0 aromatic carbocycles. The molecule has 0 aromatic heterocycles. The summed E-state index contributed by atoms with van der Waals surface area (Å²) >= 11 is 0. The zero-order chi connectivity index (χ0) is 10.9. The fourth-order valence-corrected chi connectivity index (χ4v) is 0.612. The van der Waals surface area contributed by atoms with Gasteiger partial charge in [-0.2, -0.15) is 0 Å². The molecule has 0 aliphatic heterocycles. The first kappa shape index (κ1) is 15.0. The molecule has 0 rings (SSSR count). The van der Waals surface area contributed by atoms with Crippen LogP contribution in [0.15, 0.2) is 12.3 Å². The second-order valence-electron chi connectivity index (χ2n) is 3.38. The second kappa shape index (κ2) is 9.55. The lowest BCUT2D eigenvalue weighted by Gasteiger charge is -2.08. The minimum atomic E-state index is -1.90. The molecule has 0 radical (unpaired) electrons. The van der Waals surface area contributed by atoms with Crippen LogP contribution in [-0.4, -0.2) is 16.5 Å². The Kier molecular flexibility index (Phi) is 11.0. The molecule has 13 heavy (non-hydrogen) atoms. The molecule has 0 saturated heterocycles. The van der Waals surface area contributed by atoms with Crippen LogP contribution in [-0.2, 0) is 0 Å². The monoisotopic (exact) mass is 189 g/mol. The summed E-state index contributed by atoms with van der Waals surface area (Å²) in [6, 6.07) is 0. The van der Waals surface area contributed by atoms with Crippen molar-refractivity contribution in [3.8, 4) is 0 Å². The van der Waals surface area contributed by atoms with E-state index in [-0.39, 0.29) is 0 Å². The minimum absolute atomic E-state index is 0.880. The predicted molar refractivity (Wildman–Crippen MR) is 51.7 cm³/mol. The first-order valence-electron chi connectivity index (χ1n) is 4.63. The fraction of sp³-hybridized carbons (Fsp3) is 0.800. The van der Waals surface area contributed by atoms with E-state index in [1.807, 2.05) is 0 Å². The molecule has 0 saturated carbocycles. The standard InChI is InChI=1S/C7H16.C3H6O3/c1-4-5-6-7(2)3;1-2(4)3(5)6/h7H,4-6H2,1-3H3;3-6H,1H2/p-1. The van der Waals surface area contributed by atoms with Crippen molar-refractivity contribution in [3.05, 3.63) is 12.3 Å². The summed E-state index contributed by atoms with van der Waals surface area (Å²) in [5, 5.41) is 25.1. The van der Waals surface area contributed by atoms with E-state index in [1.165, 1.54) is 19.3 Å². The molecule has 0 aliphatic carbocycles. The maximum absolute atomic E-state index is 9.53. The van der Waals surface area contributed by atoms with Gasteiger partial charge >= 0.3 is 0 Å². The summed E-state index contributed by atoms with van der Waals surface area (Å²) in [5.74, 6) is 0.0231. The quantitative estimate of drug-likeness (QED) is 0.512. The van der Waals surface area contributed by atoms with Gasteiger partial charge in [-0.25, -0.2) is 0 Å². The Hall–Kier alpha value is -0.540. The van der Waals surface area contributed by atoms with Crippen LogP contribution in [0, 0.1) is 5.92 Å². The van der Waals surface area contributed by atoms with E-state index in [0.717, 1.165) is 5.92 Å². The highest BCUT2D eigenvalue weighted by atomic mass is 16.5. The Morgan fingerprint density at radius 1 is 1.38 bits per heavy atom. The third-order valence-electron chi connectivity index (χ3n) is 1.42. The van der Waals surface area contributed by atoms with Crippen molar-refractivity contribution in [2.45, 2.75) is 46.3 Å². The van der Waals surface area contributed by atoms with Gasteiger partial charge in [-0.1, -0.05) is 45.8 Å². The summed E-state index contributed by atoms with van der Waals surface area (Å²) < 4.78 is 0. The van der Waals surface area contributed by atoms with Gasteiger partial charge in [-0.15, -0.1) is 6.58 Å². The number of rotatable bonds is 4. The lowest BCUT2D eigenvalue weighted by Crippen LogP contribution is -2.17. The number of hydrogen-bond acceptors (Lipinski definition) is 3. The summed E-state index contributed by atoms with van der Waals surface area (Å²) in [4.78, 5) is 0. The molecule has 0 aliphatic rings. The SMILES string of the molecule is C=C([O-])C(O)O.CCCCC(C)C. The van der Waals surface area contributed by atoms with Crippen molar-refractivity contribution in [1.82, 2.24) is 0 Å². The molecule has 0 unspecified atom stereocenters. The smallest absolute Gasteiger partial charge is 0.163 e. The number of aliphatic hydroxyl groups excluding tert-OH is 1. The molecule has 3 nitrogen and oxygen atoms in total. The number of aliphatic hydroxyl groups is 2. The van der Waals surface area contributed by atoms with Crippen LogP contribution in [0.4, 0.5) is 0 Å². The average Bonchev–Trinajstić information content (AvgIpc) is 2.01. The Bertz CT molecular complexity index is 119. The molecule has 0 fully saturated rings. The van der Waals surface area contributed by atoms with Gasteiger partial charge in [-0.05, 0) is 5.92 Å². The maximum atomic E-state index is 9.53. The topological polar surface area (TPSA) is 63.5 Å². The third-order valence-corrected chi connectivity index (χ3v) is 1.42. The van der Waals surface area contributed by atoms with Crippen LogP contribution in [0.2, 0.25) is 0 Å². The molecule has 0 heterocycles. The van der Waals surface area contributed by atoms with Crippen LogP contribution in [0.3, 0.4) is 0 Å². The zero-order valence-corrected chi connectivity index (χ0v) is 8.79. The molecule has 0 amide bonds. The van der Waals surface area contributed by atoms with E-state index in [0.29, 0.717) is 0 Å². The predicted octanol–water partition coefficient (Wildman–Crippen LogP) is 1.00. The van der Waals surface area contributed by atoms with Gasteiger partial charge in [0.05, 0.1) is 0 Å². The van der Waals surface area contributed by atoms with Crippen molar-refractivity contribution in [2.75, 3.05) is 0 Å². The molecular formula is C10H21O3-. The Morgan fingerprint density at radius 2 is 1.77 bits per heavy atom. The molecule has 0 atom stereocenters. The average molecular weight is 189 g/mol. The van der Waals surface area contributed by atoms with E-state index in [9.17, 15) is 5.11 Å². The number of unbranched alkanes of at least 4 members (excludes halogenated alkanes) is 1. The van der Waals surface area contributed by atoms with Gasteiger partial charge in [0.2, 0.25) is 0 Å². The Balaban J connectivity index is 0. The molecule has 0 spiro atoms. The molecular weight excluding hydrogens is 168 g/mol. The van der Waals surface area contributed by atoms with Gasteiger partial charge in [0, 0.05) is 0 Å². The normalized spacial score (nSPS) is 9.77. The van der Waals surface area contributed by atoms with Crippen LogP contribution < -0.4 is 5.11 Å². The van der Waals surface area contributed by atoms with E-state index in [1.54, 1.807) is 0 Å². The highest BCUT2D eigenvalue weighted by Gasteiger charge is 1.88. The largest absolute Gasteiger partial charge is 0.872 e. The minimum Gasteiger partial charge on any atom is -0.872 e. The summed E-state index contributed by atoms with van der Waals surface area (Å²) in [6.45, 7) is 9.48. The fourth-order valence-electron chi connectivity index (χ4n) is 0.612. The summed E-state index contributed by atoms with van der Waals surface area (Å²) in [6.07, 6.45) is 2.25. The maximum Gasteiger partial charge on any atom is 0.163 e. The Labute approximate surface area is 80.7 Å². The lowest BCUT2D eigenvalue weighted by atomic mass is 10.1. The van der Waals surface area contributed by atoms with E-state index < -0.39 is 12.0 Å². The second-order valence-corrected chi connectivity index (χ2v) is 3.38. The lowest BCUT2D eigenvalue weighted by molar-refractivity contribution is -0.336. The van der Waals surface area contributed by atoms with Gasteiger partial charge in [0.1, 0.15) is 0 Å². The first-order valence-corrected chi connectivity index (χ1v) is 4.63. The molecule has 0 bridgehead atoms. The van der Waals surface area contributed by atoms with Crippen molar-refractivity contribution < 1.29 is 15.3 Å². The number of hydrogen-bond donors (Lipinski definition) is 2. The molecule has 80 valence electrons. The van der Waals surface area contributed by atoms with Crippen molar-refractivity contribution in [3.63, 3.8) is 0 Å². The molecule has 3 heteroatoms. The van der Waals surface area contributed by atoms with Gasteiger partial charge in [-0.3, -0.25) is 0 Å². The van der Waals surface area contributed by atoms with Crippen molar-refractivity contribution in [1.29, 1.82) is 0 Å². The first-order chi connectivity index (χ1) is 5.91. The summed E-state index contributed by atoms with van der Waals surface area (Å²) in [5.41, 5.74) is 0. The van der Waals surface area contributed by atoms with Crippen molar-refractivity contribution >= 4 is 0 Å². The summed E-state index contributed by atoms with van der Waals surface area (Å²) in [7, 11) is 0. The zero-order valence-electron chi connectivity index (χ0n) is 8.79. The van der Waals surface area contributed by atoms with Crippen LogP contribution in [0.25, 0.3) is 0 Å². The Morgan fingerprint density at radius 3 is 1.85 bits per heavy atom. The molecule has 2 N–H and O–H groups in total. The van der Waals surface area contributed by atoms with E-state index in [2.05, 4.69) is 27.4 Å². The highest BCUT2D eigenvalue weighted by Crippen LogP contribution is 2.04.